The molecular weight excluding hydrogens is 444 g/mol. The second-order valence-electron chi connectivity index (χ2n) is 9.12. The van der Waals surface area contributed by atoms with Gasteiger partial charge >= 0.3 is 5.97 Å². The maximum Gasteiger partial charge on any atom is 0.337 e. The Morgan fingerprint density at radius 2 is 1.24 bits per heavy atom. The average Bonchev–Trinajstić information content (AvgIpc) is 2.84. The van der Waals surface area contributed by atoms with E-state index in [1.165, 1.54) is 10.4 Å². The van der Waals surface area contributed by atoms with E-state index in [0.717, 1.165) is 0 Å². The molecule has 0 saturated carbocycles. The molecule has 1 N–H and O–H groups in total. The van der Waals surface area contributed by atoms with Gasteiger partial charge in [0.25, 0.3) is 8.32 Å². The molecule has 5 nitrogen and oxygen atoms in total. The molecule has 0 fully saturated rings. The van der Waals surface area contributed by atoms with Crippen molar-refractivity contribution in [2.75, 3.05) is 26.4 Å². The smallest absolute Gasteiger partial charge is 0.337 e. The zero-order valence-electron chi connectivity index (χ0n) is 20.1. The zero-order valence-corrected chi connectivity index (χ0v) is 21.1. The van der Waals surface area contributed by atoms with Gasteiger partial charge in [-0.3, -0.25) is 0 Å². The minimum atomic E-state index is -2.58. The largest absolute Gasteiger partial charge is 0.479 e. The van der Waals surface area contributed by atoms with Crippen LogP contribution in [-0.2, 0) is 18.7 Å². The van der Waals surface area contributed by atoms with Crippen molar-refractivity contribution in [3.63, 3.8) is 0 Å². The fraction of sp³-hybridized carbons (Fsp3) is 0.321. The van der Waals surface area contributed by atoms with Crippen molar-refractivity contribution >= 4 is 24.7 Å². The van der Waals surface area contributed by atoms with E-state index in [-0.39, 0.29) is 11.6 Å². The molecule has 1 unspecified atom stereocenters. The predicted molar refractivity (Wildman–Crippen MR) is 137 cm³/mol. The second-order valence-corrected chi connectivity index (χ2v) is 13.4. The highest BCUT2D eigenvalue weighted by Crippen LogP contribution is 2.36. The molecular formula is C28H34O5Si. The van der Waals surface area contributed by atoms with E-state index >= 15 is 0 Å². The monoisotopic (exact) mass is 478 g/mol. The van der Waals surface area contributed by atoms with Crippen molar-refractivity contribution in [3.05, 3.63) is 96.6 Å². The third-order valence-corrected chi connectivity index (χ3v) is 10.8. The minimum Gasteiger partial charge on any atom is -0.479 e. The van der Waals surface area contributed by atoms with Crippen LogP contribution >= 0.6 is 0 Å². The van der Waals surface area contributed by atoms with E-state index in [1.54, 1.807) is 24.3 Å². The van der Waals surface area contributed by atoms with Gasteiger partial charge in [-0.15, -0.1) is 0 Å². The standard InChI is InChI=1S/C28H34O5Si/c1-28(2,3)34(24-15-9-5-10-16-24,25-17-11-6-12-18-25)33-22-20-31-19-21-32-26(27(29)30)23-13-7-4-8-14-23/h4-18,26H,19-22H2,1-3H3,(H,29,30). The van der Waals surface area contributed by atoms with Crippen molar-refractivity contribution < 1.29 is 23.8 Å². The van der Waals surface area contributed by atoms with Crippen LogP contribution < -0.4 is 10.4 Å². The number of carboxylic acids is 1. The predicted octanol–water partition coefficient (Wildman–Crippen LogP) is 4.42. The van der Waals surface area contributed by atoms with Crippen LogP contribution in [0.15, 0.2) is 91.0 Å². The fourth-order valence-electron chi connectivity index (χ4n) is 4.28. The molecule has 0 amide bonds. The van der Waals surface area contributed by atoms with Crippen LogP contribution in [0.5, 0.6) is 0 Å². The highest BCUT2D eigenvalue weighted by Gasteiger charge is 2.49. The third kappa shape index (κ3) is 6.21. The van der Waals surface area contributed by atoms with Crippen molar-refractivity contribution in [1.82, 2.24) is 0 Å². The molecule has 0 aliphatic rings. The Hall–Kier alpha value is -2.77. The number of hydrogen-bond acceptors (Lipinski definition) is 4. The molecule has 0 heterocycles. The Kier molecular flexibility index (Phi) is 9.18. The second kappa shape index (κ2) is 12.1. The Morgan fingerprint density at radius 3 is 1.71 bits per heavy atom. The highest BCUT2D eigenvalue weighted by atomic mass is 28.4. The molecule has 3 aromatic rings. The van der Waals surface area contributed by atoms with Gasteiger partial charge in [0.05, 0.1) is 26.4 Å². The molecule has 1 atom stereocenters. The summed E-state index contributed by atoms with van der Waals surface area (Å²) < 4.78 is 18.1. The number of ether oxygens (including phenoxy) is 2. The van der Waals surface area contributed by atoms with Gasteiger partial charge in [-0.25, -0.2) is 4.79 Å². The molecule has 6 heteroatoms. The number of benzene rings is 3. The lowest BCUT2D eigenvalue weighted by Gasteiger charge is -2.43. The first-order valence-electron chi connectivity index (χ1n) is 11.6. The van der Waals surface area contributed by atoms with Crippen LogP contribution in [0.25, 0.3) is 0 Å². The average molecular weight is 479 g/mol. The van der Waals surface area contributed by atoms with Crippen LogP contribution in [0.4, 0.5) is 0 Å². The molecule has 0 radical (unpaired) electrons. The first-order valence-corrected chi connectivity index (χ1v) is 13.5. The summed E-state index contributed by atoms with van der Waals surface area (Å²) in [7, 11) is -2.58. The van der Waals surface area contributed by atoms with E-state index in [0.29, 0.717) is 25.4 Å². The molecule has 180 valence electrons. The summed E-state index contributed by atoms with van der Waals surface area (Å²) in [6, 6.07) is 29.9. The summed E-state index contributed by atoms with van der Waals surface area (Å²) in [6.07, 6.45) is -1.00. The number of hydrogen-bond donors (Lipinski definition) is 1. The van der Waals surface area contributed by atoms with Gasteiger partial charge in [-0.05, 0) is 21.0 Å². The quantitative estimate of drug-likeness (QED) is 0.308. The summed E-state index contributed by atoms with van der Waals surface area (Å²) in [5.74, 6) is -1.01. The van der Waals surface area contributed by atoms with Gasteiger partial charge in [0.15, 0.2) is 6.10 Å². The normalized spacial score (nSPS) is 12.9. The lowest BCUT2D eigenvalue weighted by molar-refractivity contribution is -0.152. The molecule has 0 spiro atoms. The molecule has 0 aliphatic carbocycles. The van der Waals surface area contributed by atoms with Gasteiger partial charge < -0.3 is 19.0 Å². The molecule has 3 rings (SSSR count). The number of aliphatic carboxylic acids is 1. The van der Waals surface area contributed by atoms with Crippen molar-refractivity contribution in [1.29, 1.82) is 0 Å². The molecule has 34 heavy (non-hydrogen) atoms. The van der Waals surface area contributed by atoms with Gasteiger partial charge in [0.2, 0.25) is 0 Å². The first-order chi connectivity index (χ1) is 16.4. The Morgan fingerprint density at radius 1 is 0.765 bits per heavy atom. The van der Waals surface area contributed by atoms with Crippen LogP contribution in [-0.4, -0.2) is 45.8 Å². The topological polar surface area (TPSA) is 65.0 Å². The lowest BCUT2D eigenvalue weighted by Crippen LogP contribution is -2.66. The van der Waals surface area contributed by atoms with Crippen molar-refractivity contribution in [2.24, 2.45) is 0 Å². The van der Waals surface area contributed by atoms with Gasteiger partial charge in [-0.2, -0.15) is 0 Å². The first kappa shape index (κ1) is 25.8. The molecule has 0 saturated heterocycles. The number of carbonyl (C=O) groups is 1. The maximum atomic E-state index is 11.6. The van der Waals surface area contributed by atoms with Crippen LogP contribution in [0.1, 0.15) is 32.4 Å². The maximum absolute atomic E-state index is 11.6. The van der Waals surface area contributed by atoms with E-state index in [2.05, 4.69) is 69.3 Å². The Labute approximate surface area is 203 Å². The lowest BCUT2D eigenvalue weighted by atomic mass is 10.1. The summed E-state index contributed by atoms with van der Waals surface area (Å²) >= 11 is 0. The van der Waals surface area contributed by atoms with Crippen molar-refractivity contribution in [2.45, 2.75) is 31.9 Å². The molecule has 3 aromatic carbocycles. The number of carboxylic acid groups (broad SMARTS) is 1. The Balaban J connectivity index is 1.61. The van der Waals surface area contributed by atoms with E-state index < -0.39 is 20.4 Å². The van der Waals surface area contributed by atoms with Gasteiger partial charge in [-0.1, -0.05) is 112 Å². The van der Waals surface area contributed by atoms with E-state index in [1.807, 2.05) is 18.2 Å². The van der Waals surface area contributed by atoms with E-state index in [4.69, 9.17) is 13.9 Å². The highest BCUT2D eigenvalue weighted by molar-refractivity contribution is 6.99. The molecule has 0 aliphatic heterocycles. The zero-order chi connectivity index (χ0) is 24.4. The molecule has 0 aromatic heterocycles. The number of rotatable bonds is 12. The minimum absolute atomic E-state index is 0.0940. The van der Waals surface area contributed by atoms with Gasteiger partial charge in [0.1, 0.15) is 0 Å². The SMILES string of the molecule is CC(C)(C)[Si](OCCOCCOC(C(=O)O)c1ccccc1)(c1ccccc1)c1ccccc1. The summed E-state index contributed by atoms with van der Waals surface area (Å²) in [5, 5.41) is 11.8. The van der Waals surface area contributed by atoms with Crippen LogP contribution in [0.3, 0.4) is 0 Å². The van der Waals surface area contributed by atoms with Crippen molar-refractivity contribution in [3.8, 4) is 0 Å². The summed E-state index contributed by atoms with van der Waals surface area (Å²) in [6.45, 7) is 8.04. The van der Waals surface area contributed by atoms with Gasteiger partial charge in [0, 0.05) is 0 Å². The third-order valence-electron chi connectivity index (χ3n) is 5.80. The summed E-state index contributed by atoms with van der Waals surface area (Å²) in [4.78, 5) is 11.6. The van der Waals surface area contributed by atoms with Crippen LogP contribution in [0, 0.1) is 0 Å². The van der Waals surface area contributed by atoms with E-state index in [9.17, 15) is 9.90 Å². The Bertz CT molecular complexity index is 964. The summed E-state index contributed by atoms with van der Waals surface area (Å²) in [5.41, 5.74) is 0.616. The fourth-order valence-corrected chi connectivity index (χ4v) is 8.83. The van der Waals surface area contributed by atoms with Crippen LogP contribution in [0.2, 0.25) is 5.04 Å². The molecule has 0 bridgehead atoms.